The summed E-state index contributed by atoms with van der Waals surface area (Å²) in [4.78, 5) is 39.2. The topological polar surface area (TPSA) is 80.7 Å². The van der Waals surface area contributed by atoms with Gasteiger partial charge >= 0.3 is 5.97 Å². The number of Topliss-reactive ketones (excluding diaryl/α,β-unsaturated/α-hetero) is 2. The molecule has 0 spiro atoms. The van der Waals surface area contributed by atoms with Crippen molar-refractivity contribution in [2.45, 2.75) is 52.4 Å². The van der Waals surface area contributed by atoms with Crippen molar-refractivity contribution in [3.8, 4) is 5.75 Å². The number of carbonyl (C=O) groups excluding carboxylic acids is 3. The molecule has 1 aliphatic rings. The van der Waals surface area contributed by atoms with Crippen molar-refractivity contribution in [3.63, 3.8) is 0 Å². The molecule has 3 rings (SSSR count). The number of allylic oxidation sites excluding steroid dienone is 2. The number of phenolic OH excluding ortho intramolecular Hbond substituents is 1. The quantitative estimate of drug-likeness (QED) is 0.584. The van der Waals surface area contributed by atoms with E-state index in [-0.39, 0.29) is 33.5 Å². The number of hydrogen-bond acceptors (Lipinski definition) is 6. The standard InChI is InChI=1S/C27H30O5S/c1-26(2,3)18-12-15(13-19(24(18)31)27(4,5)6)21-22(29)16-10-8-9-11-17(16)23(30)25(21)33-14-20(28)32-7/h8-13,31H,14H2,1-7H3. The summed E-state index contributed by atoms with van der Waals surface area (Å²) >= 11 is 1.01. The highest BCUT2D eigenvalue weighted by Gasteiger charge is 2.35. The molecule has 0 radical (unpaired) electrons. The van der Waals surface area contributed by atoms with Gasteiger partial charge in [0.15, 0.2) is 5.78 Å². The van der Waals surface area contributed by atoms with E-state index >= 15 is 0 Å². The molecule has 6 heteroatoms. The second-order valence-electron chi connectivity index (χ2n) is 10.2. The van der Waals surface area contributed by atoms with Crippen LogP contribution in [-0.4, -0.2) is 35.5 Å². The molecule has 0 amide bonds. The van der Waals surface area contributed by atoms with Crippen LogP contribution in [0, 0.1) is 0 Å². The number of esters is 1. The van der Waals surface area contributed by atoms with Gasteiger partial charge in [0.25, 0.3) is 0 Å². The van der Waals surface area contributed by atoms with Crippen molar-refractivity contribution >= 4 is 34.9 Å². The molecule has 0 saturated carbocycles. The fourth-order valence-corrected chi connectivity index (χ4v) is 4.84. The van der Waals surface area contributed by atoms with E-state index in [1.54, 1.807) is 36.4 Å². The minimum Gasteiger partial charge on any atom is -0.507 e. The Morgan fingerprint density at radius 2 is 1.39 bits per heavy atom. The van der Waals surface area contributed by atoms with Gasteiger partial charge in [-0.3, -0.25) is 14.4 Å². The summed E-state index contributed by atoms with van der Waals surface area (Å²) in [5.74, 6) is -0.951. The van der Waals surface area contributed by atoms with Crippen molar-refractivity contribution in [2.75, 3.05) is 12.9 Å². The number of phenols is 1. The highest BCUT2D eigenvalue weighted by atomic mass is 32.2. The lowest BCUT2D eigenvalue weighted by Crippen LogP contribution is -2.23. The lowest BCUT2D eigenvalue weighted by molar-refractivity contribution is -0.137. The van der Waals surface area contributed by atoms with Crippen molar-refractivity contribution in [2.24, 2.45) is 0 Å². The maximum absolute atomic E-state index is 13.7. The summed E-state index contributed by atoms with van der Waals surface area (Å²) in [6.07, 6.45) is 0. The first-order valence-electron chi connectivity index (χ1n) is 10.8. The lowest BCUT2D eigenvalue weighted by Gasteiger charge is -2.29. The Bertz CT molecular complexity index is 1140. The number of aromatic hydroxyl groups is 1. The third kappa shape index (κ3) is 4.76. The van der Waals surface area contributed by atoms with Crippen LogP contribution in [0.5, 0.6) is 5.75 Å². The molecule has 174 valence electrons. The Labute approximate surface area is 199 Å². The first kappa shape index (κ1) is 24.8. The fraction of sp³-hybridized carbons (Fsp3) is 0.370. The number of thioether (sulfide) groups is 1. The van der Waals surface area contributed by atoms with E-state index in [0.717, 1.165) is 11.8 Å². The average molecular weight is 467 g/mol. The molecule has 0 unspecified atom stereocenters. The minimum absolute atomic E-state index is 0.0904. The maximum atomic E-state index is 13.7. The Balaban J connectivity index is 2.35. The van der Waals surface area contributed by atoms with E-state index in [9.17, 15) is 19.5 Å². The van der Waals surface area contributed by atoms with Gasteiger partial charge in [-0.1, -0.05) is 65.8 Å². The van der Waals surface area contributed by atoms with Crippen molar-refractivity contribution in [3.05, 3.63) is 69.1 Å². The summed E-state index contributed by atoms with van der Waals surface area (Å²) in [6, 6.07) is 10.3. The van der Waals surface area contributed by atoms with Crippen molar-refractivity contribution < 1.29 is 24.2 Å². The smallest absolute Gasteiger partial charge is 0.315 e. The fourth-order valence-electron chi connectivity index (χ4n) is 3.86. The minimum atomic E-state index is -0.484. The first-order valence-corrected chi connectivity index (χ1v) is 11.8. The molecule has 0 saturated heterocycles. The zero-order chi connectivity index (χ0) is 24.7. The molecule has 1 aliphatic carbocycles. The van der Waals surface area contributed by atoms with Crippen LogP contribution in [0.3, 0.4) is 0 Å². The second-order valence-corrected chi connectivity index (χ2v) is 11.2. The maximum Gasteiger partial charge on any atom is 0.315 e. The monoisotopic (exact) mass is 466 g/mol. The molecule has 33 heavy (non-hydrogen) atoms. The molecule has 5 nitrogen and oxygen atoms in total. The van der Waals surface area contributed by atoms with Gasteiger partial charge in [0.1, 0.15) is 5.75 Å². The zero-order valence-corrected chi connectivity index (χ0v) is 21.0. The summed E-state index contributed by atoms with van der Waals surface area (Å²) in [6.45, 7) is 11.9. The van der Waals surface area contributed by atoms with Gasteiger partial charge in [0.05, 0.1) is 17.8 Å². The van der Waals surface area contributed by atoms with Crippen LogP contribution in [0.25, 0.3) is 5.57 Å². The van der Waals surface area contributed by atoms with Crippen LogP contribution in [0.15, 0.2) is 41.3 Å². The summed E-state index contributed by atoms with van der Waals surface area (Å²) in [7, 11) is 1.28. The van der Waals surface area contributed by atoms with Gasteiger partial charge < -0.3 is 9.84 Å². The molecule has 0 fully saturated rings. The Kier molecular flexibility index (Phi) is 6.62. The van der Waals surface area contributed by atoms with Crippen LogP contribution in [0.2, 0.25) is 0 Å². The molecular weight excluding hydrogens is 436 g/mol. The van der Waals surface area contributed by atoms with E-state index in [1.165, 1.54) is 7.11 Å². The van der Waals surface area contributed by atoms with Gasteiger partial charge in [-0.05, 0) is 28.5 Å². The van der Waals surface area contributed by atoms with Gasteiger partial charge in [0, 0.05) is 27.8 Å². The number of hydrogen-bond donors (Lipinski definition) is 1. The first-order chi connectivity index (χ1) is 15.3. The predicted molar refractivity (Wildman–Crippen MR) is 132 cm³/mol. The number of ether oxygens (including phenoxy) is 1. The number of fused-ring (bicyclic) bond motifs is 1. The van der Waals surface area contributed by atoms with E-state index in [2.05, 4.69) is 0 Å². The molecule has 0 aromatic heterocycles. The molecule has 0 aliphatic heterocycles. The van der Waals surface area contributed by atoms with Crippen LogP contribution in [-0.2, 0) is 20.4 Å². The van der Waals surface area contributed by atoms with Crippen LogP contribution in [0.1, 0.15) is 78.9 Å². The van der Waals surface area contributed by atoms with E-state index < -0.39 is 16.8 Å². The third-order valence-corrected chi connectivity index (χ3v) is 6.71. The number of carbonyl (C=O) groups is 3. The number of ketones is 2. The van der Waals surface area contributed by atoms with Crippen LogP contribution in [0.4, 0.5) is 0 Å². The average Bonchev–Trinajstić information content (AvgIpc) is 2.73. The number of rotatable bonds is 4. The zero-order valence-electron chi connectivity index (χ0n) is 20.2. The van der Waals surface area contributed by atoms with Crippen molar-refractivity contribution in [1.82, 2.24) is 0 Å². The Morgan fingerprint density at radius 3 is 1.85 bits per heavy atom. The molecule has 0 bridgehead atoms. The predicted octanol–water partition coefficient (Wildman–Crippen LogP) is 5.68. The molecule has 2 aromatic carbocycles. The van der Waals surface area contributed by atoms with Gasteiger partial charge in [-0.25, -0.2) is 0 Å². The van der Waals surface area contributed by atoms with Gasteiger partial charge in [-0.15, -0.1) is 11.8 Å². The Morgan fingerprint density at radius 1 is 0.909 bits per heavy atom. The van der Waals surface area contributed by atoms with E-state index in [4.69, 9.17) is 4.74 Å². The summed E-state index contributed by atoms with van der Waals surface area (Å²) in [5.41, 5.74) is 2.04. The van der Waals surface area contributed by atoms with Crippen LogP contribution >= 0.6 is 11.8 Å². The lowest BCUT2D eigenvalue weighted by atomic mass is 9.76. The van der Waals surface area contributed by atoms with Crippen LogP contribution < -0.4 is 0 Å². The molecule has 2 aromatic rings. The number of methoxy groups -OCH3 is 1. The second kappa shape index (κ2) is 8.82. The highest BCUT2D eigenvalue weighted by molar-refractivity contribution is 8.04. The van der Waals surface area contributed by atoms with E-state index in [1.807, 2.05) is 41.5 Å². The highest BCUT2D eigenvalue weighted by Crippen LogP contribution is 2.44. The van der Waals surface area contributed by atoms with Crippen molar-refractivity contribution in [1.29, 1.82) is 0 Å². The van der Waals surface area contributed by atoms with E-state index in [0.29, 0.717) is 27.8 Å². The summed E-state index contributed by atoms with van der Waals surface area (Å²) < 4.78 is 4.75. The normalized spacial score (nSPS) is 14.4. The largest absolute Gasteiger partial charge is 0.507 e. The molecule has 0 atom stereocenters. The molecular formula is C27H30O5S. The molecule has 0 heterocycles. The van der Waals surface area contributed by atoms with Gasteiger partial charge in [-0.2, -0.15) is 0 Å². The molecule has 1 N–H and O–H groups in total. The van der Waals surface area contributed by atoms with Gasteiger partial charge in [0.2, 0.25) is 5.78 Å². The Hall–Kier alpha value is -2.86. The third-order valence-electron chi connectivity index (χ3n) is 5.65. The number of benzene rings is 2. The summed E-state index contributed by atoms with van der Waals surface area (Å²) in [5, 5.41) is 11.1. The SMILES string of the molecule is COC(=O)CSC1=C(c2cc(C(C)(C)C)c(O)c(C(C)(C)C)c2)C(=O)c2ccccc2C1=O.